The normalized spacial score (nSPS) is 13.7. The van der Waals surface area contributed by atoms with Crippen molar-refractivity contribution in [3.8, 4) is 0 Å². The quantitative estimate of drug-likeness (QED) is 0.750. The van der Waals surface area contributed by atoms with E-state index in [1.165, 1.54) is 24.6 Å². The third kappa shape index (κ3) is 4.96. The summed E-state index contributed by atoms with van der Waals surface area (Å²) in [5, 5.41) is 7.81. The average Bonchev–Trinajstić information content (AvgIpc) is 2.94. The molecular formula is C17H26N4O2. The number of amides is 3. The van der Waals surface area contributed by atoms with Crippen LogP contribution in [-0.4, -0.2) is 37.0 Å². The first-order valence-corrected chi connectivity index (χ1v) is 8.08. The van der Waals surface area contributed by atoms with Gasteiger partial charge in [0, 0.05) is 25.8 Å². The number of nitrogens with zero attached hydrogens (tertiary/aromatic N) is 1. The summed E-state index contributed by atoms with van der Waals surface area (Å²) in [7, 11) is 1.52. The Bertz CT molecular complexity index is 572. The van der Waals surface area contributed by atoms with Crippen molar-refractivity contribution in [2.75, 3.05) is 25.5 Å². The second kappa shape index (κ2) is 7.97. The van der Waals surface area contributed by atoms with E-state index < -0.39 is 0 Å². The number of carbonyl (C=O) groups is 2. The Hall–Kier alpha value is -2.08. The van der Waals surface area contributed by atoms with Crippen molar-refractivity contribution in [2.24, 2.45) is 5.92 Å². The molecule has 0 saturated carbocycles. The topological polar surface area (TPSA) is 73.5 Å². The van der Waals surface area contributed by atoms with E-state index >= 15 is 0 Å². The van der Waals surface area contributed by atoms with Crippen LogP contribution in [0.15, 0.2) is 18.2 Å². The molecule has 3 N–H and O–H groups in total. The lowest BCUT2D eigenvalue weighted by Gasteiger charge is -2.16. The first-order valence-electron chi connectivity index (χ1n) is 8.08. The molecule has 1 aromatic rings. The Morgan fingerprint density at radius 2 is 2.04 bits per heavy atom. The molecule has 1 aromatic carbocycles. The highest BCUT2D eigenvalue weighted by Crippen LogP contribution is 2.29. The predicted molar refractivity (Wildman–Crippen MR) is 91.1 cm³/mol. The van der Waals surface area contributed by atoms with Crippen LogP contribution in [0.5, 0.6) is 0 Å². The minimum Gasteiger partial charge on any atom is -0.341 e. The lowest BCUT2D eigenvalue weighted by Crippen LogP contribution is -2.38. The van der Waals surface area contributed by atoms with Gasteiger partial charge in [0.15, 0.2) is 0 Å². The highest BCUT2D eigenvalue weighted by atomic mass is 16.2. The second-order valence-electron chi connectivity index (χ2n) is 6.32. The van der Waals surface area contributed by atoms with E-state index in [9.17, 15) is 9.59 Å². The van der Waals surface area contributed by atoms with Gasteiger partial charge in [0.05, 0.1) is 6.54 Å². The van der Waals surface area contributed by atoms with Crippen LogP contribution in [0.1, 0.15) is 31.4 Å². The first kappa shape index (κ1) is 17.3. The van der Waals surface area contributed by atoms with Crippen LogP contribution in [-0.2, 0) is 17.9 Å². The molecule has 0 bridgehead atoms. The summed E-state index contributed by atoms with van der Waals surface area (Å²) in [4.78, 5) is 25.5. The van der Waals surface area contributed by atoms with Gasteiger partial charge in [0.25, 0.3) is 0 Å². The van der Waals surface area contributed by atoms with Crippen molar-refractivity contribution in [1.29, 1.82) is 0 Å². The van der Waals surface area contributed by atoms with Gasteiger partial charge in [0.2, 0.25) is 5.91 Å². The molecule has 1 aliphatic rings. The van der Waals surface area contributed by atoms with E-state index in [4.69, 9.17) is 0 Å². The predicted octanol–water partition coefficient (Wildman–Crippen LogP) is 1.92. The third-order valence-corrected chi connectivity index (χ3v) is 3.98. The Labute approximate surface area is 137 Å². The number of fused-ring (bicyclic) bond motifs is 1. The molecule has 0 atom stereocenters. The van der Waals surface area contributed by atoms with Gasteiger partial charge in [0.1, 0.15) is 0 Å². The maximum atomic E-state index is 12.0. The number of benzene rings is 1. The molecule has 6 heteroatoms. The lowest BCUT2D eigenvalue weighted by molar-refractivity contribution is -0.115. The summed E-state index contributed by atoms with van der Waals surface area (Å²) in [5.74, 6) is 0.469. The van der Waals surface area contributed by atoms with Crippen molar-refractivity contribution < 1.29 is 9.59 Å². The SMILES string of the molecule is CNC(=O)NCC(=O)Nc1cccc2c1CN(CCC(C)C)C2. The van der Waals surface area contributed by atoms with Crippen LogP contribution in [0, 0.1) is 5.92 Å². The molecule has 0 spiro atoms. The van der Waals surface area contributed by atoms with Gasteiger partial charge in [-0.05, 0) is 36.1 Å². The monoisotopic (exact) mass is 318 g/mol. The zero-order valence-electron chi connectivity index (χ0n) is 14.1. The molecule has 0 saturated heterocycles. The highest BCUT2D eigenvalue weighted by molar-refractivity contribution is 5.95. The van der Waals surface area contributed by atoms with Crippen LogP contribution in [0.3, 0.4) is 0 Å². The third-order valence-electron chi connectivity index (χ3n) is 3.98. The summed E-state index contributed by atoms with van der Waals surface area (Å²) in [6, 6.07) is 5.64. The van der Waals surface area contributed by atoms with Crippen LogP contribution in [0.4, 0.5) is 10.5 Å². The number of carbonyl (C=O) groups excluding carboxylic acids is 2. The average molecular weight is 318 g/mol. The van der Waals surface area contributed by atoms with E-state index in [1.807, 2.05) is 12.1 Å². The van der Waals surface area contributed by atoms with Crippen molar-refractivity contribution in [3.63, 3.8) is 0 Å². The Morgan fingerprint density at radius 3 is 2.74 bits per heavy atom. The largest absolute Gasteiger partial charge is 0.341 e. The van der Waals surface area contributed by atoms with Gasteiger partial charge >= 0.3 is 6.03 Å². The number of rotatable bonds is 6. The standard InChI is InChI=1S/C17H26N4O2/c1-12(2)7-8-21-10-13-5-4-6-15(14(13)11-21)20-16(22)9-19-17(23)18-3/h4-6,12H,7-11H2,1-3H3,(H,20,22)(H2,18,19,23). The molecule has 126 valence electrons. The molecular weight excluding hydrogens is 292 g/mol. The summed E-state index contributed by atoms with van der Waals surface area (Å²) in [6.07, 6.45) is 1.17. The number of urea groups is 1. The summed E-state index contributed by atoms with van der Waals surface area (Å²) >= 11 is 0. The van der Waals surface area contributed by atoms with Gasteiger partial charge in [-0.2, -0.15) is 0 Å². The second-order valence-corrected chi connectivity index (χ2v) is 6.32. The minimum absolute atomic E-state index is 0.0413. The maximum absolute atomic E-state index is 12.0. The molecule has 1 heterocycles. The number of nitrogens with one attached hydrogen (secondary N) is 3. The summed E-state index contributed by atoms with van der Waals surface area (Å²) < 4.78 is 0. The Balaban J connectivity index is 1.94. The number of anilines is 1. The zero-order chi connectivity index (χ0) is 16.8. The van der Waals surface area contributed by atoms with E-state index in [-0.39, 0.29) is 18.5 Å². The zero-order valence-corrected chi connectivity index (χ0v) is 14.1. The van der Waals surface area contributed by atoms with Crippen LogP contribution >= 0.6 is 0 Å². The molecule has 3 amide bonds. The molecule has 6 nitrogen and oxygen atoms in total. The maximum Gasteiger partial charge on any atom is 0.314 e. The first-order chi connectivity index (χ1) is 11.0. The van der Waals surface area contributed by atoms with Crippen LogP contribution < -0.4 is 16.0 Å². The van der Waals surface area contributed by atoms with Gasteiger partial charge in [-0.25, -0.2) is 4.79 Å². The molecule has 23 heavy (non-hydrogen) atoms. The molecule has 0 radical (unpaired) electrons. The van der Waals surface area contributed by atoms with Gasteiger partial charge in [-0.1, -0.05) is 26.0 Å². The molecule has 0 aromatic heterocycles. The lowest BCUT2D eigenvalue weighted by atomic mass is 10.1. The molecule has 1 aliphatic heterocycles. The van der Waals surface area contributed by atoms with E-state index in [0.29, 0.717) is 5.92 Å². The van der Waals surface area contributed by atoms with E-state index in [1.54, 1.807) is 0 Å². The van der Waals surface area contributed by atoms with Gasteiger partial charge in [-0.3, -0.25) is 9.69 Å². The van der Waals surface area contributed by atoms with Crippen molar-refractivity contribution in [2.45, 2.75) is 33.4 Å². The fourth-order valence-electron chi connectivity index (χ4n) is 2.65. The van der Waals surface area contributed by atoms with Gasteiger partial charge < -0.3 is 16.0 Å². The minimum atomic E-state index is -0.363. The van der Waals surface area contributed by atoms with Crippen molar-refractivity contribution >= 4 is 17.6 Å². The molecule has 0 unspecified atom stereocenters. The smallest absolute Gasteiger partial charge is 0.314 e. The van der Waals surface area contributed by atoms with Crippen molar-refractivity contribution in [1.82, 2.24) is 15.5 Å². The van der Waals surface area contributed by atoms with E-state index in [2.05, 4.69) is 40.8 Å². The van der Waals surface area contributed by atoms with Crippen molar-refractivity contribution in [3.05, 3.63) is 29.3 Å². The molecule has 0 fully saturated rings. The Morgan fingerprint density at radius 1 is 1.26 bits per heavy atom. The summed E-state index contributed by atoms with van der Waals surface area (Å²) in [6.45, 7) is 7.28. The van der Waals surface area contributed by atoms with Gasteiger partial charge in [-0.15, -0.1) is 0 Å². The summed E-state index contributed by atoms with van der Waals surface area (Å²) in [5.41, 5.74) is 3.30. The molecule has 2 rings (SSSR count). The number of hydrogen-bond donors (Lipinski definition) is 3. The van der Waals surface area contributed by atoms with E-state index in [0.717, 1.165) is 25.3 Å². The fraction of sp³-hybridized carbons (Fsp3) is 0.529. The fourth-order valence-corrected chi connectivity index (χ4v) is 2.65. The Kier molecular flexibility index (Phi) is 5.98. The van der Waals surface area contributed by atoms with Crippen LogP contribution in [0.2, 0.25) is 0 Å². The van der Waals surface area contributed by atoms with Crippen LogP contribution in [0.25, 0.3) is 0 Å². The number of hydrogen-bond acceptors (Lipinski definition) is 3. The molecule has 0 aliphatic carbocycles. The highest BCUT2D eigenvalue weighted by Gasteiger charge is 2.22.